The first-order valence-corrected chi connectivity index (χ1v) is 10.1. The molecule has 0 radical (unpaired) electrons. The van der Waals surface area contributed by atoms with E-state index in [4.69, 9.17) is 4.74 Å². The van der Waals surface area contributed by atoms with Crippen LogP contribution in [0, 0.1) is 12.7 Å². The highest BCUT2D eigenvalue weighted by Gasteiger charge is 2.19. The summed E-state index contributed by atoms with van der Waals surface area (Å²) in [5.74, 6) is -0.900. The van der Waals surface area contributed by atoms with E-state index in [-0.39, 0.29) is 12.3 Å². The molecular formula is C21H18FN5O2S. The SMILES string of the molecule is CCc1cc(-c2nc(C)c(C(=O)OCc3cn(-c4ccccc4F)nn3)s2)ccn1. The molecule has 152 valence electrons. The fourth-order valence-electron chi connectivity index (χ4n) is 2.84. The van der Waals surface area contributed by atoms with Crippen molar-refractivity contribution in [1.29, 1.82) is 0 Å². The number of hydrogen-bond acceptors (Lipinski definition) is 7. The third-order valence-electron chi connectivity index (χ3n) is 4.40. The van der Waals surface area contributed by atoms with Gasteiger partial charge in [0.2, 0.25) is 0 Å². The maximum atomic E-state index is 13.9. The molecule has 3 heterocycles. The second kappa shape index (κ2) is 8.50. The Labute approximate surface area is 176 Å². The summed E-state index contributed by atoms with van der Waals surface area (Å²) in [6, 6.07) is 10.1. The summed E-state index contributed by atoms with van der Waals surface area (Å²) in [6.45, 7) is 3.73. The number of aryl methyl sites for hydroxylation is 2. The fraction of sp³-hybridized carbons (Fsp3) is 0.190. The number of para-hydroxylation sites is 1. The molecule has 0 bridgehead atoms. The zero-order valence-electron chi connectivity index (χ0n) is 16.4. The third-order valence-corrected chi connectivity index (χ3v) is 5.59. The van der Waals surface area contributed by atoms with Crippen molar-refractivity contribution in [1.82, 2.24) is 25.0 Å². The van der Waals surface area contributed by atoms with Gasteiger partial charge in [-0.05, 0) is 37.6 Å². The van der Waals surface area contributed by atoms with Crippen molar-refractivity contribution in [3.63, 3.8) is 0 Å². The molecule has 0 aliphatic heterocycles. The van der Waals surface area contributed by atoms with E-state index in [0.29, 0.717) is 16.3 Å². The van der Waals surface area contributed by atoms with Crippen LogP contribution < -0.4 is 0 Å². The van der Waals surface area contributed by atoms with Crippen LogP contribution in [-0.2, 0) is 17.8 Å². The van der Waals surface area contributed by atoms with Crippen LogP contribution in [-0.4, -0.2) is 30.9 Å². The third kappa shape index (κ3) is 4.11. The summed E-state index contributed by atoms with van der Waals surface area (Å²) < 4.78 is 20.6. The Morgan fingerprint density at radius 2 is 2.07 bits per heavy atom. The maximum absolute atomic E-state index is 13.9. The number of aromatic nitrogens is 5. The molecule has 0 spiro atoms. The molecule has 30 heavy (non-hydrogen) atoms. The second-order valence-corrected chi connectivity index (χ2v) is 7.50. The van der Waals surface area contributed by atoms with E-state index in [1.165, 1.54) is 28.3 Å². The monoisotopic (exact) mass is 423 g/mol. The highest BCUT2D eigenvalue weighted by molar-refractivity contribution is 7.17. The molecule has 0 fully saturated rings. The number of nitrogens with zero attached hydrogens (tertiary/aromatic N) is 5. The highest BCUT2D eigenvalue weighted by Crippen LogP contribution is 2.29. The lowest BCUT2D eigenvalue weighted by atomic mass is 10.2. The van der Waals surface area contributed by atoms with Crippen molar-refractivity contribution in [2.24, 2.45) is 0 Å². The number of rotatable bonds is 6. The van der Waals surface area contributed by atoms with Crippen LogP contribution >= 0.6 is 11.3 Å². The van der Waals surface area contributed by atoms with Crippen molar-refractivity contribution in [3.05, 3.63) is 76.6 Å². The molecule has 0 unspecified atom stereocenters. The number of carbonyl (C=O) groups is 1. The van der Waals surface area contributed by atoms with Gasteiger partial charge < -0.3 is 4.74 Å². The minimum absolute atomic E-state index is 0.0742. The molecule has 7 nitrogen and oxygen atoms in total. The minimum Gasteiger partial charge on any atom is -0.455 e. The smallest absolute Gasteiger partial charge is 0.350 e. The summed E-state index contributed by atoms with van der Waals surface area (Å²) in [5, 5.41) is 8.58. The van der Waals surface area contributed by atoms with E-state index >= 15 is 0 Å². The molecule has 0 saturated heterocycles. The molecule has 0 aliphatic carbocycles. The van der Waals surface area contributed by atoms with Crippen LogP contribution in [0.1, 0.15) is 33.7 Å². The molecule has 1 aromatic carbocycles. The van der Waals surface area contributed by atoms with Gasteiger partial charge in [-0.1, -0.05) is 24.3 Å². The molecule has 9 heteroatoms. The van der Waals surface area contributed by atoms with Gasteiger partial charge in [0.1, 0.15) is 33.7 Å². The Bertz CT molecular complexity index is 1200. The van der Waals surface area contributed by atoms with Gasteiger partial charge in [-0.3, -0.25) is 4.98 Å². The summed E-state index contributed by atoms with van der Waals surface area (Å²) in [7, 11) is 0. The largest absolute Gasteiger partial charge is 0.455 e. The van der Waals surface area contributed by atoms with E-state index < -0.39 is 11.8 Å². The Morgan fingerprint density at radius 1 is 1.23 bits per heavy atom. The van der Waals surface area contributed by atoms with E-state index in [1.807, 2.05) is 19.1 Å². The van der Waals surface area contributed by atoms with E-state index in [2.05, 4.69) is 20.3 Å². The second-order valence-electron chi connectivity index (χ2n) is 6.50. The summed E-state index contributed by atoms with van der Waals surface area (Å²) >= 11 is 1.27. The average Bonchev–Trinajstić information content (AvgIpc) is 3.39. The Kier molecular flexibility index (Phi) is 5.62. The van der Waals surface area contributed by atoms with E-state index in [1.54, 1.807) is 31.3 Å². The van der Waals surface area contributed by atoms with Crippen LogP contribution in [0.15, 0.2) is 48.8 Å². The molecule has 3 aromatic heterocycles. The molecule has 4 rings (SSSR count). The van der Waals surface area contributed by atoms with Gasteiger partial charge in [-0.25, -0.2) is 18.9 Å². The minimum atomic E-state index is -0.485. The maximum Gasteiger partial charge on any atom is 0.350 e. The molecule has 0 amide bonds. The number of carbonyl (C=O) groups excluding carboxylic acids is 1. The van der Waals surface area contributed by atoms with Gasteiger partial charge in [0, 0.05) is 17.5 Å². The first-order valence-electron chi connectivity index (χ1n) is 9.31. The van der Waals surface area contributed by atoms with Crippen LogP contribution in [0.2, 0.25) is 0 Å². The van der Waals surface area contributed by atoms with Crippen LogP contribution in [0.3, 0.4) is 0 Å². The van der Waals surface area contributed by atoms with Crippen LogP contribution in [0.4, 0.5) is 4.39 Å². The van der Waals surface area contributed by atoms with Gasteiger partial charge in [-0.2, -0.15) is 0 Å². The van der Waals surface area contributed by atoms with Crippen molar-refractivity contribution < 1.29 is 13.9 Å². The molecule has 0 saturated carbocycles. The quantitative estimate of drug-likeness (QED) is 0.433. The first-order chi connectivity index (χ1) is 14.5. The lowest BCUT2D eigenvalue weighted by molar-refractivity contribution is 0.0472. The Hall–Kier alpha value is -3.46. The van der Waals surface area contributed by atoms with Gasteiger partial charge in [0.05, 0.1) is 11.9 Å². The predicted octanol–water partition coefficient (Wildman–Crippen LogP) is 4.15. The van der Waals surface area contributed by atoms with Gasteiger partial charge in [-0.15, -0.1) is 16.4 Å². The van der Waals surface area contributed by atoms with Crippen molar-refractivity contribution in [2.45, 2.75) is 26.9 Å². The molecule has 4 aromatic rings. The summed E-state index contributed by atoms with van der Waals surface area (Å²) in [4.78, 5) is 21.8. The van der Waals surface area contributed by atoms with Crippen molar-refractivity contribution in [2.75, 3.05) is 0 Å². The average molecular weight is 423 g/mol. The Morgan fingerprint density at radius 3 is 2.87 bits per heavy atom. The number of pyridine rings is 1. The number of ether oxygens (including phenoxy) is 1. The van der Waals surface area contributed by atoms with Gasteiger partial charge in [0.15, 0.2) is 0 Å². The molecule has 0 atom stereocenters. The number of benzene rings is 1. The standard InChI is InChI=1S/C21H18FN5O2S/c1-3-15-10-14(8-9-23-15)20-24-13(2)19(30-20)21(28)29-12-16-11-27(26-25-16)18-7-5-4-6-17(18)22/h4-11H,3,12H2,1-2H3. The van der Waals surface area contributed by atoms with E-state index in [9.17, 15) is 9.18 Å². The molecule has 0 N–H and O–H groups in total. The van der Waals surface area contributed by atoms with Crippen molar-refractivity contribution in [3.8, 4) is 16.3 Å². The van der Waals surface area contributed by atoms with Crippen LogP contribution in [0.5, 0.6) is 0 Å². The predicted molar refractivity (Wildman–Crippen MR) is 110 cm³/mol. The highest BCUT2D eigenvalue weighted by atomic mass is 32.1. The lowest BCUT2D eigenvalue weighted by Crippen LogP contribution is -2.05. The first kappa shape index (κ1) is 19.8. The molecular weight excluding hydrogens is 405 g/mol. The number of halogens is 1. The zero-order valence-corrected chi connectivity index (χ0v) is 17.2. The van der Waals surface area contributed by atoms with Crippen molar-refractivity contribution >= 4 is 17.3 Å². The zero-order chi connectivity index (χ0) is 21.1. The molecule has 0 aliphatic rings. The van der Waals surface area contributed by atoms with Gasteiger partial charge in [0.25, 0.3) is 0 Å². The van der Waals surface area contributed by atoms with E-state index in [0.717, 1.165) is 22.7 Å². The topological polar surface area (TPSA) is 82.8 Å². The van der Waals surface area contributed by atoms with Crippen LogP contribution in [0.25, 0.3) is 16.3 Å². The fourth-order valence-corrected chi connectivity index (χ4v) is 3.80. The lowest BCUT2D eigenvalue weighted by Gasteiger charge is -2.01. The number of hydrogen-bond donors (Lipinski definition) is 0. The summed E-state index contributed by atoms with van der Waals surface area (Å²) in [5.41, 5.74) is 3.17. The Balaban J connectivity index is 1.46. The normalized spacial score (nSPS) is 10.9. The summed E-state index contributed by atoms with van der Waals surface area (Å²) in [6.07, 6.45) is 4.09. The van der Waals surface area contributed by atoms with Gasteiger partial charge >= 0.3 is 5.97 Å². The number of thiazole rings is 1. The number of esters is 1.